The number of nitriles is 1. The molecule has 2 N–H and O–H groups in total. The van der Waals surface area contributed by atoms with E-state index < -0.39 is 34.5 Å². The second kappa shape index (κ2) is 9.88. The smallest absolute Gasteiger partial charge is 0.350 e. The maximum absolute atomic E-state index is 13.2. The lowest BCUT2D eigenvalue weighted by Crippen LogP contribution is -2.59. The van der Waals surface area contributed by atoms with Gasteiger partial charge in [-0.3, -0.25) is 9.59 Å². The first-order valence-corrected chi connectivity index (χ1v) is 11.3. The monoisotopic (exact) mass is 471 g/mol. The molecule has 0 radical (unpaired) electrons. The molecule has 34 heavy (non-hydrogen) atoms. The third-order valence-electron chi connectivity index (χ3n) is 6.33. The van der Waals surface area contributed by atoms with E-state index in [1.54, 1.807) is 38.1 Å². The van der Waals surface area contributed by atoms with Gasteiger partial charge in [-0.2, -0.15) is 18.4 Å². The van der Waals surface area contributed by atoms with Crippen LogP contribution in [0.5, 0.6) is 0 Å². The molecule has 0 heterocycles. The fraction of sp³-hybridized carbons (Fsp3) is 0.423. The highest BCUT2D eigenvalue weighted by atomic mass is 19.4. The van der Waals surface area contributed by atoms with Crippen LogP contribution in [0.1, 0.15) is 73.0 Å². The Kier molecular flexibility index (Phi) is 7.35. The van der Waals surface area contributed by atoms with Crippen molar-refractivity contribution in [2.24, 2.45) is 0 Å². The third-order valence-corrected chi connectivity index (χ3v) is 6.33. The number of rotatable bonds is 6. The SMILES string of the molecule is CC(C)(C#N)c1cccc(C(=O)NC2(C(=O)NCc3cccc(C(F)(F)F)c3)CCCCC2)c1. The predicted octanol–water partition coefficient (Wildman–Crippen LogP) is 5.26. The Labute approximate surface area is 197 Å². The van der Waals surface area contributed by atoms with Crippen LogP contribution in [-0.4, -0.2) is 17.4 Å². The Hall–Kier alpha value is -3.34. The molecule has 5 nitrogen and oxygen atoms in total. The molecule has 2 aromatic rings. The van der Waals surface area contributed by atoms with Crippen LogP contribution >= 0.6 is 0 Å². The minimum atomic E-state index is -4.47. The Morgan fingerprint density at radius 3 is 2.29 bits per heavy atom. The summed E-state index contributed by atoms with van der Waals surface area (Å²) in [6, 6.07) is 13.8. The van der Waals surface area contributed by atoms with E-state index in [9.17, 15) is 28.0 Å². The number of halogens is 3. The highest BCUT2D eigenvalue weighted by molar-refractivity contribution is 5.99. The normalized spacial score (nSPS) is 15.8. The maximum atomic E-state index is 13.2. The molecule has 0 aromatic heterocycles. The summed E-state index contributed by atoms with van der Waals surface area (Å²) in [6.45, 7) is 3.44. The van der Waals surface area contributed by atoms with Crippen molar-refractivity contribution in [3.8, 4) is 6.07 Å². The minimum Gasteiger partial charge on any atom is -0.350 e. The average molecular weight is 472 g/mol. The highest BCUT2D eigenvalue weighted by Crippen LogP contribution is 2.31. The van der Waals surface area contributed by atoms with Gasteiger partial charge in [-0.25, -0.2) is 0 Å². The Morgan fingerprint density at radius 2 is 1.65 bits per heavy atom. The van der Waals surface area contributed by atoms with E-state index >= 15 is 0 Å². The van der Waals surface area contributed by atoms with Crippen LogP contribution in [-0.2, 0) is 22.9 Å². The van der Waals surface area contributed by atoms with Gasteiger partial charge in [0.15, 0.2) is 0 Å². The number of amides is 2. The van der Waals surface area contributed by atoms with Crippen molar-refractivity contribution in [2.45, 2.75) is 69.6 Å². The van der Waals surface area contributed by atoms with Gasteiger partial charge in [-0.15, -0.1) is 0 Å². The average Bonchev–Trinajstić information content (AvgIpc) is 2.82. The summed E-state index contributed by atoms with van der Waals surface area (Å²) < 4.78 is 39.0. The van der Waals surface area contributed by atoms with Gasteiger partial charge in [0.25, 0.3) is 5.91 Å². The van der Waals surface area contributed by atoms with Gasteiger partial charge < -0.3 is 10.6 Å². The van der Waals surface area contributed by atoms with E-state index in [2.05, 4.69) is 16.7 Å². The lowest BCUT2D eigenvalue weighted by molar-refractivity contribution is -0.137. The van der Waals surface area contributed by atoms with Crippen LogP contribution in [0, 0.1) is 11.3 Å². The first kappa shape index (κ1) is 25.3. The van der Waals surface area contributed by atoms with Gasteiger partial charge >= 0.3 is 6.18 Å². The maximum Gasteiger partial charge on any atom is 0.416 e. The van der Waals surface area contributed by atoms with Crippen molar-refractivity contribution in [1.82, 2.24) is 10.6 Å². The molecular weight excluding hydrogens is 443 g/mol. The third kappa shape index (κ3) is 5.77. The second-order valence-electron chi connectivity index (χ2n) is 9.30. The summed E-state index contributed by atoms with van der Waals surface area (Å²) in [5.41, 5.74) is -1.34. The van der Waals surface area contributed by atoms with Crippen LogP contribution in [0.4, 0.5) is 13.2 Å². The van der Waals surface area contributed by atoms with E-state index in [0.29, 0.717) is 29.5 Å². The molecule has 2 aromatic carbocycles. The summed E-state index contributed by atoms with van der Waals surface area (Å²) >= 11 is 0. The summed E-state index contributed by atoms with van der Waals surface area (Å²) in [7, 11) is 0. The zero-order valence-corrected chi connectivity index (χ0v) is 19.3. The molecule has 0 atom stereocenters. The fourth-order valence-electron chi connectivity index (χ4n) is 4.18. The molecule has 3 rings (SSSR count). The highest BCUT2D eigenvalue weighted by Gasteiger charge is 2.41. The topological polar surface area (TPSA) is 82.0 Å². The van der Waals surface area contributed by atoms with Crippen LogP contribution in [0.2, 0.25) is 0 Å². The Bertz CT molecular complexity index is 1100. The number of carbonyl (C=O) groups excluding carboxylic acids is 2. The van der Waals surface area contributed by atoms with Crippen molar-refractivity contribution in [2.75, 3.05) is 0 Å². The van der Waals surface area contributed by atoms with E-state index in [-0.39, 0.29) is 6.54 Å². The number of nitrogens with zero attached hydrogens (tertiary/aromatic N) is 1. The Balaban J connectivity index is 1.77. The molecule has 0 bridgehead atoms. The van der Waals surface area contributed by atoms with Gasteiger partial charge in [0.2, 0.25) is 5.91 Å². The van der Waals surface area contributed by atoms with Crippen molar-refractivity contribution in [3.05, 3.63) is 70.8 Å². The molecule has 0 unspecified atom stereocenters. The van der Waals surface area contributed by atoms with E-state index in [0.717, 1.165) is 31.4 Å². The first-order valence-electron chi connectivity index (χ1n) is 11.3. The Morgan fingerprint density at radius 1 is 1.00 bits per heavy atom. The first-order chi connectivity index (χ1) is 16.0. The lowest BCUT2D eigenvalue weighted by Gasteiger charge is -2.36. The quantitative estimate of drug-likeness (QED) is 0.603. The van der Waals surface area contributed by atoms with Gasteiger partial charge in [0.05, 0.1) is 17.0 Å². The fourth-order valence-corrected chi connectivity index (χ4v) is 4.18. The number of hydrogen-bond acceptors (Lipinski definition) is 3. The lowest BCUT2D eigenvalue weighted by atomic mass is 9.80. The molecule has 1 aliphatic rings. The number of carbonyl (C=O) groups is 2. The van der Waals surface area contributed by atoms with E-state index in [1.165, 1.54) is 12.1 Å². The standard InChI is InChI=1S/C26H28F3N3O2/c1-24(2,17-30)20-10-7-9-19(15-20)22(33)32-25(12-4-3-5-13-25)23(34)31-16-18-8-6-11-21(14-18)26(27,28)29/h6-11,14-15H,3-5,12-13,16H2,1-2H3,(H,31,34)(H,32,33). The van der Waals surface area contributed by atoms with Gasteiger partial charge in [-0.1, -0.05) is 43.5 Å². The molecule has 0 spiro atoms. The summed E-state index contributed by atoms with van der Waals surface area (Å²) in [6.07, 6.45) is -1.15. The van der Waals surface area contributed by atoms with Crippen LogP contribution in [0.25, 0.3) is 0 Å². The molecule has 180 valence electrons. The zero-order valence-electron chi connectivity index (χ0n) is 19.3. The summed E-state index contributed by atoms with van der Waals surface area (Å²) in [4.78, 5) is 26.3. The predicted molar refractivity (Wildman–Crippen MR) is 122 cm³/mol. The van der Waals surface area contributed by atoms with Crippen molar-refractivity contribution < 1.29 is 22.8 Å². The van der Waals surface area contributed by atoms with Gasteiger partial charge in [0, 0.05) is 12.1 Å². The number of alkyl halides is 3. The largest absolute Gasteiger partial charge is 0.416 e. The zero-order chi connectivity index (χ0) is 25.0. The van der Waals surface area contributed by atoms with Gasteiger partial charge in [0.1, 0.15) is 5.54 Å². The number of hydrogen-bond donors (Lipinski definition) is 2. The van der Waals surface area contributed by atoms with Crippen molar-refractivity contribution in [1.29, 1.82) is 5.26 Å². The van der Waals surface area contributed by atoms with E-state index in [1.807, 2.05) is 0 Å². The summed E-state index contributed by atoms with van der Waals surface area (Å²) in [5.74, 6) is -0.835. The molecule has 1 fully saturated rings. The second-order valence-corrected chi connectivity index (χ2v) is 9.30. The molecule has 1 saturated carbocycles. The van der Waals surface area contributed by atoms with Crippen LogP contribution < -0.4 is 10.6 Å². The molecular formula is C26H28F3N3O2. The molecule has 0 saturated heterocycles. The molecule has 1 aliphatic carbocycles. The molecule has 2 amide bonds. The minimum absolute atomic E-state index is 0.0772. The van der Waals surface area contributed by atoms with Crippen molar-refractivity contribution in [3.63, 3.8) is 0 Å². The molecule has 8 heteroatoms. The van der Waals surface area contributed by atoms with Crippen LogP contribution in [0.3, 0.4) is 0 Å². The number of nitrogens with one attached hydrogen (secondary N) is 2. The summed E-state index contributed by atoms with van der Waals surface area (Å²) in [5, 5.41) is 15.0. The molecule has 0 aliphatic heterocycles. The van der Waals surface area contributed by atoms with Gasteiger partial charge in [-0.05, 0) is 62.1 Å². The van der Waals surface area contributed by atoms with E-state index in [4.69, 9.17) is 0 Å². The number of benzene rings is 2. The van der Waals surface area contributed by atoms with Crippen molar-refractivity contribution >= 4 is 11.8 Å². The van der Waals surface area contributed by atoms with Crippen LogP contribution in [0.15, 0.2) is 48.5 Å².